The highest BCUT2D eigenvalue weighted by Gasteiger charge is 2.21. The van der Waals surface area contributed by atoms with Gasteiger partial charge in [0.25, 0.3) is 0 Å². The van der Waals surface area contributed by atoms with E-state index in [1.165, 1.54) is 43.4 Å². The lowest BCUT2D eigenvalue weighted by Gasteiger charge is -2.32. The van der Waals surface area contributed by atoms with Gasteiger partial charge in [-0.25, -0.2) is 0 Å². The van der Waals surface area contributed by atoms with E-state index in [9.17, 15) is 5.11 Å². The quantitative estimate of drug-likeness (QED) is 0.679. The second-order valence-electron chi connectivity index (χ2n) is 8.62. The van der Waals surface area contributed by atoms with Crippen molar-refractivity contribution < 1.29 is 5.11 Å². The predicted octanol–water partition coefficient (Wildman–Crippen LogP) is 4.94. The van der Waals surface area contributed by atoms with Gasteiger partial charge in [-0.15, -0.1) is 0 Å². The molecule has 0 amide bonds. The highest BCUT2D eigenvalue weighted by molar-refractivity contribution is 5.17. The summed E-state index contributed by atoms with van der Waals surface area (Å²) >= 11 is 0. The molecule has 0 saturated heterocycles. The van der Waals surface area contributed by atoms with Crippen LogP contribution in [0, 0.1) is 11.8 Å². The summed E-state index contributed by atoms with van der Waals surface area (Å²) in [5, 5.41) is 10.5. The average Bonchev–Trinajstić information content (AvgIpc) is 3.10. The summed E-state index contributed by atoms with van der Waals surface area (Å²) in [6.07, 6.45) is 8.75. The van der Waals surface area contributed by atoms with Crippen LogP contribution in [0.3, 0.4) is 0 Å². The number of nitrogens with zero attached hydrogens (tertiary/aromatic N) is 2. The first-order valence-electron chi connectivity index (χ1n) is 10.7. The molecular formula is C24H36N2O. The van der Waals surface area contributed by atoms with Crippen molar-refractivity contribution in [3.8, 4) is 0 Å². The zero-order chi connectivity index (χ0) is 19.1. The van der Waals surface area contributed by atoms with E-state index in [0.29, 0.717) is 5.92 Å². The third-order valence-electron chi connectivity index (χ3n) is 5.96. The van der Waals surface area contributed by atoms with Crippen LogP contribution in [0.15, 0.2) is 48.7 Å². The van der Waals surface area contributed by atoms with E-state index in [4.69, 9.17) is 0 Å². The molecule has 1 atom stereocenters. The summed E-state index contributed by atoms with van der Waals surface area (Å²) in [7, 11) is 0. The molecule has 1 aliphatic carbocycles. The molecule has 3 nitrogen and oxygen atoms in total. The largest absolute Gasteiger partial charge is 0.392 e. The molecule has 0 unspecified atom stereocenters. The summed E-state index contributed by atoms with van der Waals surface area (Å²) in [4.78, 5) is 2.50. The number of hydrogen-bond acceptors (Lipinski definition) is 2. The van der Waals surface area contributed by atoms with Crippen molar-refractivity contribution >= 4 is 0 Å². The number of aliphatic hydroxyl groups is 1. The van der Waals surface area contributed by atoms with Crippen LogP contribution in [-0.2, 0) is 13.1 Å². The molecule has 1 aromatic carbocycles. The van der Waals surface area contributed by atoms with Gasteiger partial charge in [-0.3, -0.25) is 4.90 Å². The first-order chi connectivity index (χ1) is 13.1. The van der Waals surface area contributed by atoms with Gasteiger partial charge in [-0.1, -0.05) is 63.4 Å². The molecule has 1 N–H and O–H groups in total. The Morgan fingerprint density at radius 2 is 1.78 bits per heavy atom. The van der Waals surface area contributed by atoms with Crippen molar-refractivity contribution in [1.82, 2.24) is 9.47 Å². The smallest absolute Gasteiger partial charge is 0.0690 e. The Morgan fingerprint density at radius 3 is 2.48 bits per heavy atom. The van der Waals surface area contributed by atoms with Gasteiger partial charge < -0.3 is 9.67 Å². The Kier molecular flexibility index (Phi) is 7.54. The fraction of sp³-hybridized carbons (Fsp3) is 0.583. The Hall–Kier alpha value is -1.58. The standard InChI is InChI=1S/C24H36N2O/c1-20(2)24(27)19-25(16-21-10-5-3-6-11-21)18-23-14-9-15-26(23)17-22-12-7-4-8-13-22/h4,7-9,12-15,20-21,24,27H,3,5-6,10-11,16-19H2,1-2H3/t24-/m0/s1. The highest BCUT2D eigenvalue weighted by atomic mass is 16.3. The second kappa shape index (κ2) is 10.1. The van der Waals surface area contributed by atoms with Gasteiger partial charge >= 0.3 is 0 Å². The van der Waals surface area contributed by atoms with Crippen LogP contribution in [0.4, 0.5) is 0 Å². The summed E-state index contributed by atoms with van der Waals surface area (Å²) in [6.45, 7) is 7.93. The average molecular weight is 369 g/mol. The fourth-order valence-electron chi connectivity index (χ4n) is 4.17. The molecule has 3 rings (SSSR count). The lowest BCUT2D eigenvalue weighted by Crippen LogP contribution is -2.38. The minimum Gasteiger partial charge on any atom is -0.392 e. The normalized spacial score (nSPS) is 16.9. The molecular weight excluding hydrogens is 332 g/mol. The maximum absolute atomic E-state index is 10.5. The molecule has 27 heavy (non-hydrogen) atoms. The molecule has 1 aromatic heterocycles. The second-order valence-corrected chi connectivity index (χ2v) is 8.62. The molecule has 0 aliphatic heterocycles. The molecule has 0 bridgehead atoms. The maximum atomic E-state index is 10.5. The zero-order valence-electron chi connectivity index (χ0n) is 17.1. The van der Waals surface area contributed by atoms with E-state index in [0.717, 1.165) is 32.1 Å². The number of aromatic nitrogens is 1. The first-order valence-corrected chi connectivity index (χ1v) is 10.7. The number of benzene rings is 1. The topological polar surface area (TPSA) is 28.4 Å². The predicted molar refractivity (Wildman–Crippen MR) is 113 cm³/mol. The molecule has 1 fully saturated rings. The van der Waals surface area contributed by atoms with Crippen LogP contribution in [-0.4, -0.2) is 33.8 Å². The van der Waals surface area contributed by atoms with Crippen molar-refractivity contribution in [3.63, 3.8) is 0 Å². The van der Waals surface area contributed by atoms with Crippen LogP contribution in [0.25, 0.3) is 0 Å². The van der Waals surface area contributed by atoms with Crippen LogP contribution < -0.4 is 0 Å². The van der Waals surface area contributed by atoms with Gasteiger partial charge in [0.05, 0.1) is 6.10 Å². The molecule has 1 saturated carbocycles. The number of rotatable bonds is 9. The monoisotopic (exact) mass is 368 g/mol. The number of hydrogen-bond donors (Lipinski definition) is 1. The van der Waals surface area contributed by atoms with E-state index in [1.54, 1.807) is 0 Å². The van der Waals surface area contributed by atoms with Gasteiger partial charge in [-0.2, -0.15) is 0 Å². The maximum Gasteiger partial charge on any atom is 0.0690 e. The SMILES string of the molecule is CC(C)[C@@H](O)CN(Cc1cccn1Cc1ccccc1)CC1CCCCC1. The fourth-order valence-corrected chi connectivity index (χ4v) is 4.17. The van der Waals surface area contributed by atoms with Gasteiger partial charge in [0, 0.05) is 38.1 Å². The summed E-state index contributed by atoms with van der Waals surface area (Å²) < 4.78 is 2.35. The Bertz CT molecular complexity index is 658. The van der Waals surface area contributed by atoms with E-state index in [2.05, 4.69) is 72.0 Å². The molecule has 0 radical (unpaired) electrons. The molecule has 1 heterocycles. The van der Waals surface area contributed by atoms with Crippen molar-refractivity contribution in [2.24, 2.45) is 11.8 Å². The minimum atomic E-state index is -0.258. The van der Waals surface area contributed by atoms with Crippen molar-refractivity contribution in [1.29, 1.82) is 0 Å². The molecule has 0 spiro atoms. The third-order valence-corrected chi connectivity index (χ3v) is 5.96. The molecule has 3 heteroatoms. The first kappa shape index (κ1) is 20.2. The molecule has 1 aliphatic rings. The Balaban J connectivity index is 1.68. The van der Waals surface area contributed by atoms with E-state index >= 15 is 0 Å². The van der Waals surface area contributed by atoms with Crippen molar-refractivity contribution in [3.05, 3.63) is 59.9 Å². The number of aliphatic hydroxyl groups excluding tert-OH is 1. The third kappa shape index (κ3) is 6.22. The Labute approximate surface area is 165 Å². The van der Waals surface area contributed by atoms with E-state index < -0.39 is 0 Å². The lowest BCUT2D eigenvalue weighted by atomic mass is 9.88. The van der Waals surface area contributed by atoms with Crippen LogP contribution >= 0.6 is 0 Å². The summed E-state index contributed by atoms with van der Waals surface area (Å²) in [5.74, 6) is 1.09. The van der Waals surface area contributed by atoms with E-state index in [-0.39, 0.29) is 6.10 Å². The van der Waals surface area contributed by atoms with Gasteiger partial charge in [-0.05, 0) is 42.4 Å². The van der Waals surface area contributed by atoms with E-state index in [1.807, 2.05) is 0 Å². The molecule has 148 valence electrons. The van der Waals surface area contributed by atoms with Gasteiger partial charge in [0.1, 0.15) is 0 Å². The van der Waals surface area contributed by atoms with Crippen molar-refractivity contribution in [2.75, 3.05) is 13.1 Å². The van der Waals surface area contributed by atoms with Crippen molar-refractivity contribution in [2.45, 2.75) is 65.1 Å². The highest BCUT2D eigenvalue weighted by Crippen LogP contribution is 2.25. The molecule has 2 aromatic rings. The lowest BCUT2D eigenvalue weighted by molar-refractivity contribution is 0.0616. The van der Waals surface area contributed by atoms with Gasteiger partial charge in [0.15, 0.2) is 0 Å². The zero-order valence-corrected chi connectivity index (χ0v) is 17.1. The summed E-state index contributed by atoms with van der Waals surface area (Å²) in [5.41, 5.74) is 2.67. The van der Waals surface area contributed by atoms with Crippen LogP contribution in [0.5, 0.6) is 0 Å². The summed E-state index contributed by atoms with van der Waals surface area (Å²) in [6, 6.07) is 15.0. The minimum absolute atomic E-state index is 0.258. The van der Waals surface area contributed by atoms with Gasteiger partial charge in [0.2, 0.25) is 0 Å². The Morgan fingerprint density at radius 1 is 1.04 bits per heavy atom. The van der Waals surface area contributed by atoms with Crippen LogP contribution in [0.1, 0.15) is 57.2 Å². The van der Waals surface area contributed by atoms with Crippen LogP contribution in [0.2, 0.25) is 0 Å².